The van der Waals surface area contributed by atoms with Crippen LogP contribution in [0, 0.1) is 0 Å². The monoisotopic (exact) mass is 237 g/mol. The molecule has 0 bridgehead atoms. The molecule has 4 nitrogen and oxygen atoms in total. The highest BCUT2D eigenvalue weighted by molar-refractivity contribution is 6.34. The van der Waals surface area contributed by atoms with E-state index < -0.39 is 0 Å². The van der Waals surface area contributed by atoms with Crippen LogP contribution in [0.3, 0.4) is 0 Å². The fourth-order valence-electron chi connectivity index (χ4n) is 1.48. The van der Waals surface area contributed by atoms with E-state index in [0.717, 1.165) is 16.7 Å². The van der Waals surface area contributed by atoms with Crippen LogP contribution in [0.15, 0.2) is 18.2 Å². The summed E-state index contributed by atoms with van der Waals surface area (Å²) in [6, 6.07) is 5.55. The average molecular weight is 238 g/mol. The summed E-state index contributed by atoms with van der Waals surface area (Å²) in [5.74, 6) is 1.44. The minimum atomic E-state index is 0.470. The molecule has 0 aliphatic carbocycles. The first-order chi connectivity index (χ1) is 7.74. The molecule has 0 fully saturated rings. The second-order valence-corrected chi connectivity index (χ2v) is 3.70. The second kappa shape index (κ2) is 4.63. The zero-order chi connectivity index (χ0) is 11.5. The van der Waals surface area contributed by atoms with Gasteiger partial charge < -0.3 is 10.1 Å². The Labute approximate surface area is 98.6 Å². The molecule has 0 amide bonds. The van der Waals surface area contributed by atoms with Crippen LogP contribution in [-0.4, -0.2) is 24.1 Å². The molecule has 1 aromatic carbocycles. The number of hydrogen-bond acceptors (Lipinski definition) is 4. The van der Waals surface area contributed by atoms with Crippen LogP contribution >= 0.6 is 11.6 Å². The molecule has 0 spiro atoms. The third kappa shape index (κ3) is 2.08. The van der Waals surface area contributed by atoms with Crippen molar-refractivity contribution in [3.63, 3.8) is 0 Å². The van der Waals surface area contributed by atoms with Crippen LogP contribution in [-0.2, 0) is 6.54 Å². The third-order valence-electron chi connectivity index (χ3n) is 2.24. The highest BCUT2D eigenvalue weighted by atomic mass is 35.5. The lowest BCUT2D eigenvalue weighted by molar-refractivity contribution is 0.415. The number of methoxy groups -OCH3 is 1. The standard InChI is InChI=1S/C11H12ClN3O/c1-13-6-10-14-9-5-7(16-2)3-4-8(9)11(12)15-10/h3-5,13H,6H2,1-2H3. The van der Waals surface area contributed by atoms with Crippen LogP contribution in [0.4, 0.5) is 0 Å². The molecular formula is C11H12ClN3O. The lowest BCUT2D eigenvalue weighted by Crippen LogP contribution is -2.09. The highest BCUT2D eigenvalue weighted by Gasteiger charge is 2.06. The molecule has 1 N–H and O–H groups in total. The number of benzene rings is 1. The molecule has 5 heteroatoms. The molecule has 1 aromatic heterocycles. The molecule has 0 aliphatic rings. The van der Waals surface area contributed by atoms with E-state index in [2.05, 4.69) is 15.3 Å². The molecule has 84 valence electrons. The minimum absolute atomic E-state index is 0.470. The van der Waals surface area contributed by atoms with Gasteiger partial charge in [0.05, 0.1) is 19.2 Å². The maximum Gasteiger partial charge on any atom is 0.144 e. The first-order valence-corrected chi connectivity index (χ1v) is 5.27. The van der Waals surface area contributed by atoms with Gasteiger partial charge in [0.15, 0.2) is 0 Å². The van der Waals surface area contributed by atoms with Crippen molar-refractivity contribution >= 4 is 22.5 Å². The van der Waals surface area contributed by atoms with Gasteiger partial charge in [-0.3, -0.25) is 0 Å². The first-order valence-electron chi connectivity index (χ1n) is 4.89. The summed E-state index contributed by atoms with van der Waals surface area (Å²) in [5, 5.41) is 4.30. The molecular weight excluding hydrogens is 226 g/mol. The Kier molecular flexibility index (Phi) is 3.22. The maximum atomic E-state index is 6.07. The normalized spacial score (nSPS) is 10.7. The summed E-state index contributed by atoms with van der Waals surface area (Å²) < 4.78 is 5.14. The fraction of sp³-hybridized carbons (Fsp3) is 0.273. The number of fused-ring (bicyclic) bond motifs is 1. The summed E-state index contributed by atoms with van der Waals surface area (Å²) in [6.07, 6.45) is 0. The van der Waals surface area contributed by atoms with Gasteiger partial charge in [-0.05, 0) is 19.2 Å². The number of aromatic nitrogens is 2. The van der Waals surface area contributed by atoms with E-state index in [-0.39, 0.29) is 0 Å². The van der Waals surface area contributed by atoms with Gasteiger partial charge >= 0.3 is 0 Å². The van der Waals surface area contributed by atoms with Crippen molar-refractivity contribution in [2.24, 2.45) is 0 Å². The molecule has 0 atom stereocenters. The third-order valence-corrected chi connectivity index (χ3v) is 2.53. The number of nitrogens with one attached hydrogen (secondary N) is 1. The summed E-state index contributed by atoms with van der Waals surface area (Å²) in [7, 11) is 3.46. The van der Waals surface area contributed by atoms with Gasteiger partial charge in [-0.1, -0.05) is 11.6 Å². The molecule has 0 saturated carbocycles. The molecule has 16 heavy (non-hydrogen) atoms. The van der Waals surface area contributed by atoms with Crippen molar-refractivity contribution < 1.29 is 4.74 Å². The second-order valence-electron chi connectivity index (χ2n) is 3.34. The van der Waals surface area contributed by atoms with Crippen molar-refractivity contribution in [1.82, 2.24) is 15.3 Å². The van der Waals surface area contributed by atoms with Crippen LogP contribution in [0.5, 0.6) is 5.75 Å². The number of rotatable bonds is 3. The number of hydrogen-bond donors (Lipinski definition) is 1. The van der Waals surface area contributed by atoms with E-state index in [0.29, 0.717) is 17.5 Å². The zero-order valence-corrected chi connectivity index (χ0v) is 9.88. The molecule has 2 rings (SSSR count). The van der Waals surface area contributed by atoms with E-state index in [9.17, 15) is 0 Å². The van der Waals surface area contributed by atoms with Gasteiger partial charge in [-0.25, -0.2) is 9.97 Å². The van der Waals surface area contributed by atoms with E-state index in [1.165, 1.54) is 0 Å². The summed E-state index contributed by atoms with van der Waals surface area (Å²) in [4.78, 5) is 8.59. The average Bonchev–Trinajstić information content (AvgIpc) is 2.28. The fourth-order valence-corrected chi connectivity index (χ4v) is 1.74. The Morgan fingerprint density at radius 2 is 2.19 bits per heavy atom. The number of nitrogens with zero attached hydrogens (tertiary/aromatic N) is 2. The molecule has 2 aromatic rings. The quantitative estimate of drug-likeness (QED) is 0.830. The Balaban J connectivity index is 2.58. The van der Waals surface area contributed by atoms with E-state index in [4.69, 9.17) is 16.3 Å². The van der Waals surface area contributed by atoms with E-state index in [1.807, 2.05) is 25.2 Å². The van der Waals surface area contributed by atoms with Gasteiger partial charge in [-0.15, -0.1) is 0 Å². The van der Waals surface area contributed by atoms with Crippen molar-refractivity contribution in [3.05, 3.63) is 29.2 Å². The lowest BCUT2D eigenvalue weighted by atomic mass is 10.2. The predicted octanol–water partition coefficient (Wildman–Crippen LogP) is 2.01. The first kappa shape index (κ1) is 11.1. The van der Waals surface area contributed by atoms with E-state index >= 15 is 0 Å². The zero-order valence-electron chi connectivity index (χ0n) is 9.12. The summed E-state index contributed by atoms with van der Waals surface area (Å²) in [6.45, 7) is 0.590. The summed E-state index contributed by atoms with van der Waals surface area (Å²) >= 11 is 6.07. The van der Waals surface area contributed by atoms with Gasteiger partial charge in [0.1, 0.15) is 16.7 Å². The Hall–Kier alpha value is -1.39. The molecule has 0 saturated heterocycles. The van der Waals surface area contributed by atoms with Gasteiger partial charge in [0.2, 0.25) is 0 Å². The van der Waals surface area contributed by atoms with Crippen molar-refractivity contribution in [2.45, 2.75) is 6.54 Å². The molecule has 0 unspecified atom stereocenters. The van der Waals surface area contributed by atoms with Crippen LogP contribution in [0.1, 0.15) is 5.82 Å². The van der Waals surface area contributed by atoms with Crippen LogP contribution in [0.25, 0.3) is 10.9 Å². The molecule has 1 heterocycles. The maximum absolute atomic E-state index is 6.07. The molecule has 0 aliphatic heterocycles. The number of halogens is 1. The van der Waals surface area contributed by atoms with Crippen molar-refractivity contribution in [2.75, 3.05) is 14.2 Å². The van der Waals surface area contributed by atoms with Crippen molar-refractivity contribution in [3.8, 4) is 5.75 Å². The van der Waals surface area contributed by atoms with E-state index in [1.54, 1.807) is 7.11 Å². The van der Waals surface area contributed by atoms with Crippen molar-refractivity contribution in [1.29, 1.82) is 0 Å². The highest BCUT2D eigenvalue weighted by Crippen LogP contribution is 2.24. The minimum Gasteiger partial charge on any atom is -0.497 e. The van der Waals surface area contributed by atoms with Gasteiger partial charge in [0, 0.05) is 11.5 Å². The smallest absolute Gasteiger partial charge is 0.144 e. The van der Waals surface area contributed by atoms with Gasteiger partial charge in [-0.2, -0.15) is 0 Å². The molecule has 0 radical (unpaired) electrons. The SMILES string of the molecule is CNCc1nc(Cl)c2ccc(OC)cc2n1. The van der Waals surface area contributed by atoms with Crippen LogP contribution in [0.2, 0.25) is 5.15 Å². The Morgan fingerprint density at radius 1 is 1.38 bits per heavy atom. The number of ether oxygens (including phenoxy) is 1. The Morgan fingerprint density at radius 3 is 2.88 bits per heavy atom. The largest absolute Gasteiger partial charge is 0.497 e. The van der Waals surface area contributed by atoms with Crippen LogP contribution < -0.4 is 10.1 Å². The summed E-state index contributed by atoms with van der Waals surface area (Å²) in [5.41, 5.74) is 0.796. The Bertz CT molecular complexity index is 516. The van der Waals surface area contributed by atoms with Gasteiger partial charge in [0.25, 0.3) is 0 Å². The predicted molar refractivity (Wildman–Crippen MR) is 63.9 cm³/mol. The topological polar surface area (TPSA) is 47.0 Å². The lowest BCUT2D eigenvalue weighted by Gasteiger charge is -2.05.